The number of ether oxygens (including phenoxy) is 1. The number of H-pyrrole nitrogens is 1. The van der Waals surface area contributed by atoms with Crippen LogP contribution in [0, 0.1) is 6.92 Å². The highest BCUT2D eigenvalue weighted by molar-refractivity contribution is 7.89. The summed E-state index contributed by atoms with van der Waals surface area (Å²) in [5.41, 5.74) is 1.34. The average molecular weight is 295 g/mol. The first kappa shape index (κ1) is 14.5. The third-order valence-electron chi connectivity index (χ3n) is 2.99. The van der Waals surface area contributed by atoms with E-state index in [1.165, 1.54) is 6.07 Å². The molecule has 0 spiro atoms. The van der Waals surface area contributed by atoms with Crippen molar-refractivity contribution in [1.29, 1.82) is 0 Å². The quantitative estimate of drug-likeness (QED) is 0.880. The molecule has 0 amide bonds. The van der Waals surface area contributed by atoms with Crippen LogP contribution in [0.1, 0.15) is 24.2 Å². The molecule has 7 heteroatoms. The van der Waals surface area contributed by atoms with E-state index in [-0.39, 0.29) is 10.9 Å². The predicted octanol–water partition coefficient (Wildman–Crippen LogP) is 1.77. The third-order valence-corrected chi connectivity index (χ3v) is 4.69. The molecule has 0 aliphatic carbocycles. The Morgan fingerprint density at radius 1 is 1.35 bits per heavy atom. The number of aromatic nitrogens is 2. The monoisotopic (exact) mass is 295 g/mol. The fraction of sp³-hybridized carbons (Fsp3) is 0.308. The number of nitrogens with zero attached hydrogens (tertiary/aromatic N) is 1. The summed E-state index contributed by atoms with van der Waals surface area (Å²) in [5.74, 6) is 0.628. The van der Waals surface area contributed by atoms with E-state index < -0.39 is 10.0 Å². The molecule has 108 valence electrons. The highest BCUT2D eigenvalue weighted by Crippen LogP contribution is 2.22. The Morgan fingerprint density at radius 2 is 2.10 bits per heavy atom. The maximum Gasteiger partial charge on any atom is 0.241 e. The van der Waals surface area contributed by atoms with Crippen molar-refractivity contribution in [2.45, 2.75) is 24.8 Å². The third kappa shape index (κ3) is 3.00. The number of aryl methyl sites for hydroxylation is 1. The van der Waals surface area contributed by atoms with E-state index in [9.17, 15) is 8.42 Å². The molecule has 6 nitrogen and oxygen atoms in total. The van der Waals surface area contributed by atoms with Gasteiger partial charge in [0, 0.05) is 6.20 Å². The van der Waals surface area contributed by atoms with Crippen molar-refractivity contribution in [3.05, 3.63) is 41.7 Å². The fourth-order valence-corrected chi connectivity index (χ4v) is 3.37. The van der Waals surface area contributed by atoms with Gasteiger partial charge < -0.3 is 4.74 Å². The van der Waals surface area contributed by atoms with Crippen LogP contribution in [0.3, 0.4) is 0 Å². The van der Waals surface area contributed by atoms with Crippen LogP contribution in [0.25, 0.3) is 0 Å². The number of benzene rings is 1. The second-order valence-electron chi connectivity index (χ2n) is 4.49. The van der Waals surface area contributed by atoms with Gasteiger partial charge in [0.15, 0.2) is 0 Å². The van der Waals surface area contributed by atoms with Gasteiger partial charge in [0.1, 0.15) is 5.75 Å². The van der Waals surface area contributed by atoms with Crippen LogP contribution >= 0.6 is 0 Å². The number of hydrogen-bond acceptors (Lipinski definition) is 4. The average Bonchev–Trinajstić information content (AvgIpc) is 2.91. The summed E-state index contributed by atoms with van der Waals surface area (Å²) < 4.78 is 32.4. The summed E-state index contributed by atoms with van der Waals surface area (Å²) in [6, 6.07) is 6.20. The molecule has 2 aromatic rings. The molecule has 20 heavy (non-hydrogen) atoms. The number of nitrogens with one attached hydrogen (secondary N) is 2. The molecule has 0 aliphatic heterocycles. The van der Waals surface area contributed by atoms with E-state index in [0.29, 0.717) is 17.0 Å². The van der Waals surface area contributed by atoms with Crippen LogP contribution in [0.4, 0.5) is 0 Å². The second-order valence-corrected chi connectivity index (χ2v) is 6.17. The van der Waals surface area contributed by atoms with Gasteiger partial charge in [-0.3, -0.25) is 5.10 Å². The Morgan fingerprint density at radius 3 is 2.65 bits per heavy atom. The lowest BCUT2D eigenvalue weighted by molar-refractivity contribution is 0.414. The molecule has 0 fully saturated rings. The van der Waals surface area contributed by atoms with Crippen LogP contribution in [-0.4, -0.2) is 25.7 Å². The minimum atomic E-state index is -3.59. The van der Waals surface area contributed by atoms with Gasteiger partial charge in [-0.1, -0.05) is 0 Å². The zero-order valence-electron chi connectivity index (χ0n) is 11.5. The van der Waals surface area contributed by atoms with Crippen LogP contribution in [0.15, 0.2) is 35.4 Å². The number of hydrogen-bond donors (Lipinski definition) is 2. The van der Waals surface area contributed by atoms with Crippen molar-refractivity contribution in [3.63, 3.8) is 0 Å². The number of methoxy groups -OCH3 is 1. The largest absolute Gasteiger partial charge is 0.497 e. The second kappa shape index (κ2) is 5.64. The summed E-state index contributed by atoms with van der Waals surface area (Å²) in [4.78, 5) is 0.240. The Kier molecular flexibility index (Phi) is 4.10. The van der Waals surface area contributed by atoms with Gasteiger partial charge in [-0.2, -0.15) is 5.10 Å². The first-order chi connectivity index (χ1) is 9.44. The first-order valence-electron chi connectivity index (χ1n) is 6.10. The molecule has 1 aromatic carbocycles. The smallest absolute Gasteiger partial charge is 0.241 e. The lowest BCUT2D eigenvalue weighted by atomic mass is 10.2. The molecule has 0 saturated heterocycles. The molecule has 1 aromatic heterocycles. The molecular weight excluding hydrogens is 278 g/mol. The van der Waals surface area contributed by atoms with E-state index in [0.717, 1.165) is 0 Å². The van der Waals surface area contributed by atoms with Crippen molar-refractivity contribution in [1.82, 2.24) is 14.9 Å². The summed E-state index contributed by atoms with van der Waals surface area (Å²) >= 11 is 0. The Labute approximate surface area is 118 Å². The van der Waals surface area contributed by atoms with E-state index >= 15 is 0 Å². The Bertz CT molecular complexity index is 681. The van der Waals surface area contributed by atoms with Crippen molar-refractivity contribution in [2.24, 2.45) is 0 Å². The zero-order chi connectivity index (χ0) is 14.8. The lowest BCUT2D eigenvalue weighted by Gasteiger charge is -2.14. The van der Waals surface area contributed by atoms with E-state index in [1.807, 2.05) is 0 Å². The minimum Gasteiger partial charge on any atom is -0.497 e. The molecule has 1 unspecified atom stereocenters. The van der Waals surface area contributed by atoms with Crippen molar-refractivity contribution in [2.75, 3.05) is 7.11 Å². The van der Waals surface area contributed by atoms with Crippen LogP contribution in [-0.2, 0) is 10.0 Å². The summed E-state index contributed by atoms with van der Waals surface area (Å²) in [5, 5.41) is 6.56. The normalized spacial score (nSPS) is 13.2. The highest BCUT2D eigenvalue weighted by atomic mass is 32.2. The molecule has 0 saturated carbocycles. The zero-order valence-corrected chi connectivity index (χ0v) is 12.4. The minimum absolute atomic E-state index is 0.240. The van der Waals surface area contributed by atoms with Crippen molar-refractivity contribution >= 4 is 10.0 Å². The van der Waals surface area contributed by atoms with Crippen molar-refractivity contribution < 1.29 is 13.2 Å². The Balaban J connectivity index is 2.27. The van der Waals surface area contributed by atoms with Crippen molar-refractivity contribution in [3.8, 4) is 5.75 Å². The van der Waals surface area contributed by atoms with Crippen LogP contribution in [0.5, 0.6) is 5.75 Å². The van der Waals surface area contributed by atoms with Gasteiger partial charge in [0.05, 0.1) is 23.7 Å². The lowest BCUT2D eigenvalue weighted by Crippen LogP contribution is -2.27. The van der Waals surface area contributed by atoms with Gasteiger partial charge in [-0.15, -0.1) is 0 Å². The maximum absolute atomic E-state index is 12.4. The van der Waals surface area contributed by atoms with Gasteiger partial charge in [0.25, 0.3) is 0 Å². The van der Waals surface area contributed by atoms with Crippen LogP contribution < -0.4 is 9.46 Å². The molecule has 0 radical (unpaired) electrons. The molecule has 1 heterocycles. The molecule has 2 N–H and O–H groups in total. The first-order valence-corrected chi connectivity index (χ1v) is 7.58. The van der Waals surface area contributed by atoms with Gasteiger partial charge in [0.2, 0.25) is 10.0 Å². The highest BCUT2D eigenvalue weighted by Gasteiger charge is 2.21. The summed E-state index contributed by atoms with van der Waals surface area (Å²) in [6.45, 7) is 3.49. The predicted molar refractivity (Wildman–Crippen MR) is 75.1 cm³/mol. The van der Waals surface area contributed by atoms with E-state index in [1.54, 1.807) is 45.4 Å². The van der Waals surface area contributed by atoms with E-state index in [2.05, 4.69) is 14.9 Å². The molecule has 0 aliphatic rings. The SMILES string of the molecule is COc1ccc(S(=O)(=O)NC(C)c2ccn[nH]2)c(C)c1. The molecular formula is C13H17N3O3S. The topological polar surface area (TPSA) is 84.1 Å². The maximum atomic E-state index is 12.4. The Hall–Kier alpha value is -1.86. The van der Waals surface area contributed by atoms with Gasteiger partial charge >= 0.3 is 0 Å². The number of aromatic amines is 1. The number of sulfonamides is 1. The molecule has 0 bridgehead atoms. The fourth-order valence-electron chi connectivity index (χ4n) is 1.92. The standard InChI is InChI=1S/C13H17N3O3S/c1-9-8-11(19-3)4-5-13(9)20(17,18)16-10(2)12-6-7-14-15-12/h4-8,10,16H,1-3H3,(H,14,15). The van der Waals surface area contributed by atoms with Gasteiger partial charge in [-0.25, -0.2) is 13.1 Å². The molecule has 1 atom stereocenters. The van der Waals surface area contributed by atoms with Gasteiger partial charge in [-0.05, 0) is 43.7 Å². The van der Waals surface area contributed by atoms with Crippen LogP contribution in [0.2, 0.25) is 0 Å². The summed E-state index contributed by atoms with van der Waals surface area (Å²) in [6.07, 6.45) is 1.58. The number of rotatable bonds is 5. The van der Waals surface area contributed by atoms with E-state index in [4.69, 9.17) is 4.74 Å². The summed E-state index contributed by atoms with van der Waals surface area (Å²) in [7, 11) is -2.05. The molecule has 2 rings (SSSR count).